The van der Waals surface area contributed by atoms with Crippen LogP contribution in [-0.4, -0.2) is 44.6 Å². The van der Waals surface area contributed by atoms with Crippen molar-refractivity contribution in [3.8, 4) is 5.75 Å². The molecule has 2 atom stereocenters. The van der Waals surface area contributed by atoms with E-state index in [0.29, 0.717) is 13.0 Å². The van der Waals surface area contributed by atoms with Crippen molar-refractivity contribution in [1.29, 1.82) is 0 Å². The summed E-state index contributed by atoms with van der Waals surface area (Å²) in [4.78, 5) is 12.7. The number of carbonyl (C=O) groups is 1. The number of rotatable bonds is 6. The van der Waals surface area contributed by atoms with Gasteiger partial charge in [0.2, 0.25) is 15.9 Å². The van der Waals surface area contributed by atoms with Gasteiger partial charge in [-0.15, -0.1) is 0 Å². The second-order valence-corrected chi connectivity index (χ2v) is 8.06. The lowest BCUT2D eigenvalue weighted by Gasteiger charge is -2.33. The predicted octanol–water partition coefficient (Wildman–Crippen LogP) is 2.08. The standard InChI is InChI=1S/C17H26N2O4S/c1-4-15(13-8-10-14(23-2)11-9-13)18-17(20)16-7-5-6-12-19(16)24(3,21)22/h8-11,15-16H,4-7,12H2,1-3H3,(H,18,20). The first-order chi connectivity index (χ1) is 11.4. The molecule has 7 heteroatoms. The minimum atomic E-state index is -3.38. The first kappa shape index (κ1) is 18.7. The van der Waals surface area contributed by atoms with E-state index in [2.05, 4.69) is 5.32 Å². The Morgan fingerprint density at radius 1 is 1.33 bits per heavy atom. The summed E-state index contributed by atoms with van der Waals surface area (Å²) in [5.74, 6) is 0.540. The van der Waals surface area contributed by atoms with Crippen LogP contribution in [-0.2, 0) is 14.8 Å². The Morgan fingerprint density at radius 3 is 2.54 bits per heavy atom. The number of piperidine rings is 1. The molecule has 1 amide bonds. The number of nitrogens with zero attached hydrogens (tertiary/aromatic N) is 1. The number of carbonyl (C=O) groups excluding carboxylic acids is 1. The maximum absolute atomic E-state index is 12.7. The summed E-state index contributed by atoms with van der Waals surface area (Å²) in [7, 11) is -1.77. The van der Waals surface area contributed by atoms with E-state index < -0.39 is 16.1 Å². The number of ether oxygens (including phenoxy) is 1. The van der Waals surface area contributed by atoms with E-state index >= 15 is 0 Å². The van der Waals surface area contributed by atoms with Crippen molar-refractivity contribution in [1.82, 2.24) is 9.62 Å². The Bertz CT molecular complexity index is 658. The fraction of sp³-hybridized carbons (Fsp3) is 0.588. The van der Waals surface area contributed by atoms with Gasteiger partial charge in [-0.2, -0.15) is 4.31 Å². The molecule has 2 rings (SSSR count). The van der Waals surface area contributed by atoms with E-state index in [1.54, 1.807) is 7.11 Å². The number of nitrogens with one attached hydrogen (secondary N) is 1. The molecule has 2 unspecified atom stereocenters. The molecule has 0 aromatic heterocycles. The number of sulfonamides is 1. The molecule has 1 N–H and O–H groups in total. The van der Waals surface area contributed by atoms with Crippen LogP contribution in [0.3, 0.4) is 0 Å². The highest BCUT2D eigenvalue weighted by molar-refractivity contribution is 7.88. The molecule has 0 bridgehead atoms. The van der Waals surface area contributed by atoms with Crippen LogP contribution in [0, 0.1) is 0 Å². The number of hydrogen-bond donors (Lipinski definition) is 1. The lowest BCUT2D eigenvalue weighted by atomic mass is 10.0. The zero-order valence-electron chi connectivity index (χ0n) is 14.5. The van der Waals surface area contributed by atoms with Gasteiger partial charge in [-0.1, -0.05) is 25.5 Å². The van der Waals surface area contributed by atoms with Crippen LogP contribution < -0.4 is 10.1 Å². The van der Waals surface area contributed by atoms with Crippen molar-refractivity contribution in [3.05, 3.63) is 29.8 Å². The summed E-state index contributed by atoms with van der Waals surface area (Å²) in [6.07, 6.45) is 4.12. The largest absolute Gasteiger partial charge is 0.497 e. The van der Waals surface area contributed by atoms with Crippen molar-refractivity contribution in [2.75, 3.05) is 19.9 Å². The average molecular weight is 354 g/mol. The molecule has 6 nitrogen and oxygen atoms in total. The molecule has 1 aliphatic rings. The van der Waals surface area contributed by atoms with Gasteiger partial charge in [-0.05, 0) is 37.0 Å². The van der Waals surface area contributed by atoms with Crippen molar-refractivity contribution < 1.29 is 17.9 Å². The third kappa shape index (κ3) is 4.48. The molecule has 1 heterocycles. The molecule has 0 saturated carbocycles. The first-order valence-corrected chi connectivity index (χ1v) is 10.1. The maximum Gasteiger partial charge on any atom is 0.238 e. The molecule has 1 saturated heterocycles. The second-order valence-electron chi connectivity index (χ2n) is 6.13. The van der Waals surface area contributed by atoms with Crippen molar-refractivity contribution >= 4 is 15.9 Å². The van der Waals surface area contributed by atoms with Crippen LogP contribution in [0.1, 0.15) is 44.2 Å². The minimum absolute atomic E-state index is 0.147. The lowest BCUT2D eigenvalue weighted by Crippen LogP contribution is -2.52. The van der Waals surface area contributed by atoms with Gasteiger partial charge >= 0.3 is 0 Å². The monoisotopic (exact) mass is 354 g/mol. The van der Waals surface area contributed by atoms with Crippen LogP contribution in [0.25, 0.3) is 0 Å². The quantitative estimate of drug-likeness (QED) is 0.849. The van der Waals surface area contributed by atoms with Gasteiger partial charge in [0.1, 0.15) is 11.8 Å². The van der Waals surface area contributed by atoms with E-state index in [-0.39, 0.29) is 11.9 Å². The van der Waals surface area contributed by atoms with Gasteiger partial charge < -0.3 is 10.1 Å². The topological polar surface area (TPSA) is 75.7 Å². The van der Waals surface area contributed by atoms with E-state index in [0.717, 1.165) is 30.6 Å². The molecular formula is C17H26N2O4S. The zero-order chi connectivity index (χ0) is 17.7. The Kier molecular flexibility index (Phi) is 6.23. The van der Waals surface area contributed by atoms with E-state index in [1.807, 2.05) is 31.2 Å². The normalized spacial score (nSPS) is 20.4. The zero-order valence-corrected chi connectivity index (χ0v) is 15.3. The molecule has 1 fully saturated rings. The predicted molar refractivity (Wildman–Crippen MR) is 93.4 cm³/mol. The molecule has 134 valence electrons. The molecule has 0 aliphatic carbocycles. The van der Waals surface area contributed by atoms with Crippen LogP contribution in [0.4, 0.5) is 0 Å². The Labute approximate surface area is 144 Å². The molecule has 1 aromatic rings. The average Bonchev–Trinajstić information content (AvgIpc) is 2.59. The van der Waals surface area contributed by atoms with Crippen LogP contribution in [0.2, 0.25) is 0 Å². The van der Waals surface area contributed by atoms with Gasteiger partial charge in [0.05, 0.1) is 19.4 Å². The summed E-state index contributed by atoms with van der Waals surface area (Å²) >= 11 is 0. The Hall–Kier alpha value is -1.60. The van der Waals surface area contributed by atoms with Crippen LogP contribution in [0.15, 0.2) is 24.3 Å². The van der Waals surface area contributed by atoms with Crippen LogP contribution in [0.5, 0.6) is 5.75 Å². The highest BCUT2D eigenvalue weighted by Gasteiger charge is 2.35. The van der Waals surface area contributed by atoms with Gasteiger partial charge in [0.25, 0.3) is 0 Å². The van der Waals surface area contributed by atoms with Gasteiger partial charge in [-0.25, -0.2) is 8.42 Å². The van der Waals surface area contributed by atoms with E-state index in [1.165, 1.54) is 10.6 Å². The smallest absolute Gasteiger partial charge is 0.238 e. The Morgan fingerprint density at radius 2 is 2.00 bits per heavy atom. The van der Waals surface area contributed by atoms with Crippen molar-refractivity contribution in [3.63, 3.8) is 0 Å². The molecule has 1 aliphatic heterocycles. The number of hydrogen-bond acceptors (Lipinski definition) is 4. The van der Waals surface area contributed by atoms with E-state index in [4.69, 9.17) is 4.74 Å². The van der Waals surface area contributed by atoms with E-state index in [9.17, 15) is 13.2 Å². The van der Waals surface area contributed by atoms with Gasteiger partial charge in [0.15, 0.2) is 0 Å². The molecule has 24 heavy (non-hydrogen) atoms. The highest BCUT2D eigenvalue weighted by Crippen LogP contribution is 2.23. The third-order valence-corrected chi connectivity index (χ3v) is 5.71. The summed E-state index contributed by atoms with van der Waals surface area (Å²) in [5.41, 5.74) is 0.980. The fourth-order valence-electron chi connectivity index (χ4n) is 3.09. The molecule has 0 spiro atoms. The second kappa shape index (κ2) is 7.98. The van der Waals surface area contributed by atoms with Crippen LogP contribution >= 0.6 is 0 Å². The minimum Gasteiger partial charge on any atom is -0.497 e. The van der Waals surface area contributed by atoms with Gasteiger partial charge in [-0.3, -0.25) is 4.79 Å². The van der Waals surface area contributed by atoms with Gasteiger partial charge in [0, 0.05) is 6.54 Å². The Balaban J connectivity index is 2.12. The molecular weight excluding hydrogens is 328 g/mol. The number of amides is 1. The third-order valence-electron chi connectivity index (χ3n) is 4.43. The SMILES string of the molecule is CCC(NC(=O)C1CCCCN1S(C)(=O)=O)c1ccc(OC)cc1. The summed E-state index contributed by atoms with van der Waals surface area (Å²) in [6, 6.07) is 6.79. The molecule has 0 radical (unpaired) electrons. The lowest BCUT2D eigenvalue weighted by molar-refractivity contribution is -0.126. The molecule has 1 aromatic carbocycles. The highest BCUT2D eigenvalue weighted by atomic mass is 32.2. The fourth-order valence-corrected chi connectivity index (χ4v) is 4.21. The number of benzene rings is 1. The number of methoxy groups -OCH3 is 1. The first-order valence-electron chi connectivity index (χ1n) is 8.28. The van der Waals surface area contributed by atoms with Crippen molar-refractivity contribution in [2.24, 2.45) is 0 Å². The van der Waals surface area contributed by atoms with Crippen molar-refractivity contribution in [2.45, 2.75) is 44.7 Å². The summed E-state index contributed by atoms with van der Waals surface area (Å²) in [5, 5.41) is 3.01. The summed E-state index contributed by atoms with van der Waals surface area (Å²) in [6.45, 7) is 2.40. The maximum atomic E-state index is 12.7. The summed E-state index contributed by atoms with van der Waals surface area (Å²) < 4.78 is 30.3.